The minimum Gasteiger partial charge on any atom is -0.215 e. The molecule has 0 aliphatic heterocycles. The molecule has 0 unspecified atom stereocenters. The molecule has 0 atom stereocenters. The molecular formula is C14H9BN2S. The van der Waals surface area contributed by atoms with Crippen LogP contribution in [0.3, 0.4) is 0 Å². The lowest BCUT2D eigenvalue weighted by molar-refractivity contribution is 1.49. The van der Waals surface area contributed by atoms with E-state index in [0.717, 1.165) is 10.9 Å². The molecule has 84 valence electrons. The molecule has 0 N–H and O–H groups in total. The summed E-state index contributed by atoms with van der Waals surface area (Å²) in [4.78, 5) is 0. The van der Waals surface area contributed by atoms with Gasteiger partial charge in [0, 0.05) is 0 Å². The van der Waals surface area contributed by atoms with Gasteiger partial charge in [-0.2, -0.15) is 10.5 Å². The highest BCUT2D eigenvalue weighted by Gasteiger charge is 2.14. The molecule has 2 aromatic rings. The third-order valence-corrected chi connectivity index (χ3v) is 3.31. The molecule has 2 nitrogen and oxygen atoms in total. The molecule has 0 saturated carbocycles. The second-order valence-corrected chi connectivity index (χ2v) is 4.39. The minimum absolute atomic E-state index is 0.0505. The Morgan fingerprint density at radius 2 is 1.06 bits per heavy atom. The van der Waals surface area contributed by atoms with Gasteiger partial charge >= 0.3 is 0 Å². The van der Waals surface area contributed by atoms with Crippen molar-refractivity contribution in [1.82, 2.24) is 0 Å². The van der Waals surface area contributed by atoms with E-state index in [1.165, 1.54) is 0 Å². The van der Waals surface area contributed by atoms with Crippen molar-refractivity contribution in [3.8, 4) is 12.1 Å². The summed E-state index contributed by atoms with van der Waals surface area (Å²) in [7, 11) is 0. The van der Waals surface area contributed by atoms with Gasteiger partial charge in [-0.05, 0) is 24.3 Å². The second kappa shape index (κ2) is 5.45. The topological polar surface area (TPSA) is 47.6 Å². The van der Waals surface area contributed by atoms with Gasteiger partial charge in [-0.25, -0.2) is 12.5 Å². The summed E-state index contributed by atoms with van der Waals surface area (Å²) in [5, 5.41) is 17.5. The smallest absolute Gasteiger partial charge is 0.215 e. The van der Waals surface area contributed by atoms with Crippen LogP contribution in [0.2, 0.25) is 0 Å². The van der Waals surface area contributed by atoms with Crippen LogP contribution in [0.1, 0.15) is 11.1 Å². The number of rotatable bonds is 2. The van der Waals surface area contributed by atoms with Crippen LogP contribution in [0.25, 0.3) is 0 Å². The molecule has 2 aromatic carbocycles. The first-order valence-electron chi connectivity index (χ1n) is 5.43. The average molecular weight is 248 g/mol. The maximum atomic E-state index is 8.74. The lowest BCUT2D eigenvalue weighted by Crippen LogP contribution is -2.37. The zero-order valence-electron chi connectivity index (χ0n) is 9.54. The molecule has 2 rings (SSSR count). The van der Waals surface area contributed by atoms with Crippen molar-refractivity contribution in [1.29, 1.82) is 10.5 Å². The van der Waals surface area contributed by atoms with Gasteiger partial charge in [0.1, 0.15) is 0 Å². The molecule has 0 fully saturated rings. The van der Waals surface area contributed by atoms with Crippen molar-refractivity contribution in [3.63, 3.8) is 0 Å². The molecule has 0 aliphatic carbocycles. The van der Waals surface area contributed by atoms with E-state index in [-0.39, 0.29) is 5.99 Å². The fraction of sp³-hybridized carbons (Fsp3) is 0. The predicted molar refractivity (Wildman–Crippen MR) is 76.3 cm³/mol. The van der Waals surface area contributed by atoms with Gasteiger partial charge in [-0.1, -0.05) is 35.2 Å². The Bertz CT molecular complexity index is 563. The average Bonchev–Trinajstić information content (AvgIpc) is 2.47. The van der Waals surface area contributed by atoms with Gasteiger partial charge in [0.25, 0.3) is 5.99 Å². The zero-order chi connectivity index (χ0) is 13.0. The third-order valence-electron chi connectivity index (χ3n) is 2.71. The van der Waals surface area contributed by atoms with Gasteiger partial charge in [-0.15, -0.1) is 0 Å². The van der Waals surface area contributed by atoms with E-state index in [9.17, 15) is 0 Å². The molecule has 0 spiro atoms. The van der Waals surface area contributed by atoms with Crippen LogP contribution in [0.4, 0.5) is 0 Å². The highest BCUT2D eigenvalue weighted by atomic mass is 32.1. The van der Waals surface area contributed by atoms with Crippen LogP contribution < -0.4 is 10.9 Å². The Hall–Kier alpha value is -2.17. The van der Waals surface area contributed by atoms with Gasteiger partial charge in [0.15, 0.2) is 0 Å². The first-order valence-corrected chi connectivity index (χ1v) is 5.94. The van der Waals surface area contributed by atoms with Crippen molar-refractivity contribution < 1.29 is 0 Å². The molecule has 0 aliphatic rings. The number of nitriles is 2. The molecule has 4 heteroatoms. The number of nitrogens with zero attached hydrogens (tertiary/aromatic N) is 2. The first kappa shape index (κ1) is 12.3. The van der Waals surface area contributed by atoms with E-state index >= 15 is 0 Å². The van der Waals surface area contributed by atoms with Gasteiger partial charge in [-0.3, -0.25) is 0 Å². The maximum Gasteiger partial charge on any atom is 0.271 e. The molecule has 18 heavy (non-hydrogen) atoms. The largest absolute Gasteiger partial charge is 0.271 e. The SMILES string of the molecule is N#Cc1ccc(B(S)c2ccc(C#N)cc2)cc1. The summed E-state index contributed by atoms with van der Waals surface area (Å²) < 4.78 is 0. The van der Waals surface area contributed by atoms with E-state index in [2.05, 4.69) is 24.6 Å². The Labute approximate surface area is 112 Å². The highest BCUT2D eigenvalue weighted by Crippen LogP contribution is 2.01. The number of benzene rings is 2. The molecular weight excluding hydrogens is 239 g/mol. The Kier molecular flexibility index (Phi) is 3.72. The summed E-state index contributed by atoms with van der Waals surface area (Å²) in [6.45, 7) is 0. The van der Waals surface area contributed by atoms with Crippen molar-refractivity contribution >= 4 is 29.4 Å². The zero-order valence-corrected chi connectivity index (χ0v) is 10.4. The lowest BCUT2D eigenvalue weighted by Gasteiger charge is -2.08. The summed E-state index contributed by atoms with van der Waals surface area (Å²) >= 11 is 4.57. The summed E-state index contributed by atoms with van der Waals surface area (Å²) in [6.07, 6.45) is 0. The molecule has 0 saturated heterocycles. The Balaban J connectivity index is 2.27. The lowest BCUT2D eigenvalue weighted by atomic mass is 9.61. The first-order chi connectivity index (χ1) is 8.74. The van der Waals surface area contributed by atoms with Crippen LogP contribution in [-0.4, -0.2) is 5.99 Å². The van der Waals surface area contributed by atoms with Gasteiger partial charge < -0.3 is 0 Å². The fourth-order valence-electron chi connectivity index (χ4n) is 1.67. The van der Waals surface area contributed by atoms with Crippen molar-refractivity contribution in [3.05, 3.63) is 59.7 Å². The molecule has 0 heterocycles. The summed E-state index contributed by atoms with van der Waals surface area (Å²) in [5.74, 6) is -0.0505. The van der Waals surface area contributed by atoms with E-state index in [1.807, 2.05) is 24.3 Å². The molecule has 0 radical (unpaired) electrons. The van der Waals surface area contributed by atoms with Gasteiger partial charge in [0.05, 0.1) is 23.3 Å². The van der Waals surface area contributed by atoms with Crippen molar-refractivity contribution in [2.24, 2.45) is 0 Å². The minimum atomic E-state index is -0.0505. The molecule has 0 amide bonds. The highest BCUT2D eigenvalue weighted by molar-refractivity contribution is 8.13. The Morgan fingerprint density at radius 3 is 1.33 bits per heavy atom. The predicted octanol–water partition coefficient (Wildman–Crippen LogP) is 1.47. The molecule has 0 aromatic heterocycles. The van der Waals surface area contributed by atoms with Crippen molar-refractivity contribution in [2.75, 3.05) is 0 Å². The Morgan fingerprint density at radius 1 is 0.722 bits per heavy atom. The van der Waals surface area contributed by atoms with E-state index in [1.54, 1.807) is 24.3 Å². The standard InChI is InChI=1S/C14H9BN2S/c16-9-11-1-5-13(6-2-11)15(18)14-7-3-12(10-17)4-8-14/h1-8,18H. The van der Waals surface area contributed by atoms with Crippen molar-refractivity contribution in [2.45, 2.75) is 0 Å². The third kappa shape index (κ3) is 2.56. The maximum absolute atomic E-state index is 8.74. The van der Waals surface area contributed by atoms with Gasteiger partial charge in [0.2, 0.25) is 0 Å². The number of thiol groups is 1. The summed E-state index contributed by atoms with van der Waals surface area (Å²) in [6, 6.07) is 18.9. The number of hydrogen-bond acceptors (Lipinski definition) is 3. The van der Waals surface area contributed by atoms with Crippen LogP contribution >= 0.6 is 12.5 Å². The quantitative estimate of drug-likeness (QED) is 0.646. The van der Waals surface area contributed by atoms with Crippen LogP contribution in [0.5, 0.6) is 0 Å². The normalized spacial score (nSPS) is 9.28. The monoisotopic (exact) mass is 248 g/mol. The van der Waals surface area contributed by atoms with Crippen LogP contribution in [-0.2, 0) is 0 Å². The van der Waals surface area contributed by atoms with E-state index in [0.29, 0.717) is 11.1 Å². The fourth-order valence-corrected chi connectivity index (χ4v) is 2.02. The van der Waals surface area contributed by atoms with E-state index in [4.69, 9.17) is 10.5 Å². The molecule has 0 bridgehead atoms. The van der Waals surface area contributed by atoms with E-state index < -0.39 is 0 Å². The number of hydrogen-bond donors (Lipinski definition) is 1. The van der Waals surface area contributed by atoms with Crippen LogP contribution in [0, 0.1) is 22.7 Å². The summed E-state index contributed by atoms with van der Waals surface area (Å²) in [5.41, 5.74) is 3.34. The second-order valence-electron chi connectivity index (χ2n) is 3.87. The van der Waals surface area contributed by atoms with Crippen LogP contribution in [0.15, 0.2) is 48.5 Å².